The highest BCUT2D eigenvalue weighted by atomic mass is 79.9. The molecule has 1 saturated heterocycles. The first-order chi connectivity index (χ1) is 8.90. The average Bonchev–Trinajstić information content (AvgIpc) is 2.65. The minimum atomic E-state index is -2.90. The number of thiocarbonyl (C=S) groups is 1. The molecule has 1 aromatic carbocycles. The number of benzene rings is 1. The molecule has 0 saturated carbocycles. The van der Waals surface area contributed by atoms with Crippen LogP contribution in [0.25, 0.3) is 0 Å². The monoisotopic (exact) mass is 362 g/mol. The number of hydrogen-bond donors (Lipinski definition) is 2. The summed E-state index contributed by atoms with van der Waals surface area (Å²) in [6, 6.07) is 5.52. The van der Waals surface area contributed by atoms with E-state index >= 15 is 0 Å². The summed E-state index contributed by atoms with van der Waals surface area (Å²) in [7, 11) is -2.90. The molecule has 1 atom stereocenters. The lowest BCUT2D eigenvalue weighted by Crippen LogP contribution is -2.25. The van der Waals surface area contributed by atoms with Gasteiger partial charge in [-0.3, -0.25) is 0 Å². The summed E-state index contributed by atoms with van der Waals surface area (Å²) in [5.41, 5.74) is 7.20. The molecule has 0 aromatic heterocycles. The van der Waals surface area contributed by atoms with Crippen molar-refractivity contribution in [3.05, 3.63) is 28.2 Å². The average molecular weight is 363 g/mol. The molecule has 0 radical (unpaired) electrons. The molecule has 19 heavy (non-hydrogen) atoms. The minimum absolute atomic E-state index is 0.276. The molecule has 1 unspecified atom stereocenters. The number of halogens is 1. The van der Waals surface area contributed by atoms with Gasteiger partial charge in [-0.15, -0.1) is 0 Å². The summed E-state index contributed by atoms with van der Waals surface area (Å²) in [4.78, 5) is 0.330. The lowest BCUT2D eigenvalue weighted by molar-refractivity contribution is 0.591. The van der Waals surface area contributed by atoms with Crippen molar-refractivity contribution < 1.29 is 8.42 Å². The molecular weight excluding hydrogens is 348 g/mol. The van der Waals surface area contributed by atoms with Gasteiger partial charge in [-0.1, -0.05) is 12.2 Å². The topological polar surface area (TPSA) is 72.2 Å². The SMILES string of the molecule is NC(=S)c1ccc(NCC2CCCS2(=O)=O)cc1Br. The lowest BCUT2D eigenvalue weighted by Gasteiger charge is -2.13. The van der Waals surface area contributed by atoms with E-state index in [9.17, 15) is 8.42 Å². The van der Waals surface area contributed by atoms with Crippen molar-refractivity contribution in [1.29, 1.82) is 0 Å². The van der Waals surface area contributed by atoms with Crippen LogP contribution in [0.1, 0.15) is 18.4 Å². The van der Waals surface area contributed by atoms with Crippen molar-refractivity contribution in [2.24, 2.45) is 5.73 Å². The molecule has 0 amide bonds. The first-order valence-corrected chi connectivity index (χ1v) is 8.86. The fourth-order valence-corrected chi connectivity index (χ4v) is 4.81. The van der Waals surface area contributed by atoms with Crippen LogP contribution in [0.2, 0.25) is 0 Å². The molecule has 1 fully saturated rings. The van der Waals surface area contributed by atoms with E-state index in [0.717, 1.165) is 28.6 Å². The Morgan fingerprint density at radius 3 is 2.79 bits per heavy atom. The van der Waals surface area contributed by atoms with E-state index in [1.807, 2.05) is 18.2 Å². The van der Waals surface area contributed by atoms with Crippen LogP contribution in [0.5, 0.6) is 0 Å². The zero-order valence-corrected chi connectivity index (χ0v) is 13.4. The number of anilines is 1. The summed E-state index contributed by atoms with van der Waals surface area (Å²) in [6.07, 6.45) is 1.50. The number of sulfone groups is 1. The predicted octanol–water partition coefficient (Wildman–Crippen LogP) is 2.07. The molecule has 0 bridgehead atoms. The predicted molar refractivity (Wildman–Crippen MR) is 85.3 cm³/mol. The van der Waals surface area contributed by atoms with Crippen LogP contribution in [-0.4, -0.2) is 31.0 Å². The first kappa shape index (κ1) is 14.7. The van der Waals surface area contributed by atoms with E-state index < -0.39 is 9.84 Å². The first-order valence-electron chi connectivity index (χ1n) is 5.95. The summed E-state index contributed by atoms with van der Waals surface area (Å²) in [5.74, 6) is 0.309. The third-order valence-electron chi connectivity index (χ3n) is 3.23. The molecule has 0 aliphatic carbocycles. The Morgan fingerprint density at radius 1 is 1.53 bits per heavy atom. The van der Waals surface area contributed by atoms with Gasteiger partial charge in [0.2, 0.25) is 0 Å². The van der Waals surface area contributed by atoms with E-state index in [1.54, 1.807) is 0 Å². The summed E-state index contributed by atoms with van der Waals surface area (Å²) >= 11 is 8.32. The second-order valence-electron chi connectivity index (χ2n) is 4.57. The Balaban J connectivity index is 2.05. The number of nitrogens with one attached hydrogen (secondary N) is 1. The largest absolute Gasteiger partial charge is 0.389 e. The fourth-order valence-electron chi connectivity index (χ4n) is 2.14. The van der Waals surface area contributed by atoms with Crippen molar-refractivity contribution in [2.75, 3.05) is 17.6 Å². The quantitative estimate of drug-likeness (QED) is 0.802. The van der Waals surface area contributed by atoms with Crippen molar-refractivity contribution in [3.63, 3.8) is 0 Å². The van der Waals surface area contributed by atoms with Gasteiger partial charge in [0.1, 0.15) is 4.99 Å². The van der Waals surface area contributed by atoms with Crippen LogP contribution in [0.4, 0.5) is 5.69 Å². The Hall–Kier alpha value is -0.660. The summed E-state index contributed by atoms with van der Waals surface area (Å²) in [6.45, 7) is 0.446. The third kappa shape index (κ3) is 3.46. The maximum atomic E-state index is 11.7. The molecule has 104 valence electrons. The molecule has 2 rings (SSSR count). The third-order valence-corrected chi connectivity index (χ3v) is 6.38. The van der Waals surface area contributed by atoms with Crippen LogP contribution < -0.4 is 11.1 Å². The van der Waals surface area contributed by atoms with Gasteiger partial charge in [-0.2, -0.15) is 0 Å². The highest BCUT2D eigenvalue weighted by Gasteiger charge is 2.30. The standard InChI is InChI=1S/C12H15BrN2O2S2/c13-11-6-8(3-4-10(11)12(14)18)15-7-9-2-1-5-19(9,16)17/h3-4,6,9,15H,1-2,5,7H2,(H2,14,18). The van der Waals surface area contributed by atoms with E-state index in [-0.39, 0.29) is 5.25 Å². The van der Waals surface area contributed by atoms with Crippen molar-refractivity contribution in [1.82, 2.24) is 0 Å². The van der Waals surface area contributed by atoms with E-state index in [4.69, 9.17) is 18.0 Å². The summed E-state index contributed by atoms with van der Waals surface area (Å²) < 4.78 is 24.2. The molecule has 7 heteroatoms. The smallest absolute Gasteiger partial charge is 0.154 e. The van der Waals surface area contributed by atoms with Gasteiger partial charge < -0.3 is 11.1 Å². The molecule has 1 aliphatic rings. The minimum Gasteiger partial charge on any atom is -0.389 e. The fraction of sp³-hybridized carbons (Fsp3) is 0.417. The summed E-state index contributed by atoms with van der Waals surface area (Å²) in [5, 5.41) is 2.88. The van der Waals surface area contributed by atoms with Crippen LogP contribution in [0, 0.1) is 0 Å². The zero-order valence-electron chi connectivity index (χ0n) is 10.2. The van der Waals surface area contributed by atoms with Crippen LogP contribution in [-0.2, 0) is 9.84 Å². The lowest BCUT2D eigenvalue weighted by atomic mass is 10.2. The van der Waals surface area contributed by atoms with E-state index in [1.165, 1.54) is 0 Å². The van der Waals surface area contributed by atoms with E-state index in [0.29, 0.717) is 17.3 Å². The molecule has 1 aliphatic heterocycles. The van der Waals surface area contributed by atoms with E-state index in [2.05, 4.69) is 21.2 Å². The van der Waals surface area contributed by atoms with Crippen molar-refractivity contribution >= 4 is 48.7 Å². The number of nitrogens with two attached hydrogens (primary N) is 1. The van der Waals surface area contributed by atoms with Gasteiger partial charge in [-0.25, -0.2) is 8.42 Å². The Morgan fingerprint density at radius 2 is 2.26 bits per heavy atom. The van der Waals surface area contributed by atoms with Crippen molar-refractivity contribution in [2.45, 2.75) is 18.1 Å². The molecular formula is C12H15BrN2O2S2. The molecule has 0 spiro atoms. The van der Waals surface area contributed by atoms with Gasteiger partial charge in [-0.05, 0) is 47.0 Å². The number of hydrogen-bond acceptors (Lipinski definition) is 4. The second-order valence-corrected chi connectivity index (χ2v) is 8.27. The Bertz CT molecular complexity index is 602. The van der Waals surface area contributed by atoms with Gasteiger partial charge in [0.15, 0.2) is 9.84 Å². The Kier molecular flexibility index (Phi) is 4.47. The van der Waals surface area contributed by atoms with Gasteiger partial charge in [0, 0.05) is 22.3 Å². The van der Waals surface area contributed by atoms with Crippen LogP contribution >= 0.6 is 28.1 Å². The van der Waals surface area contributed by atoms with Crippen LogP contribution in [0.3, 0.4) is 0 Å². The number of rotatable bonds is 4. The Labute approximate surface area is 126 Å². The second kappa shape index (κ2) is 5.76. The van der Waals surface area contributed by atoms with Crippen LogP contribution in [0.15, 0.2) is 22.7 Å². The van der Waals surface area contributed by atoms with Crippen molar-refractivity contribution in [3.8, 4) is 0 Å². The maximum absolute atomic E-state index is 11.7. The molecule has 1 aromatic rings. The molecule has 4 nitrogen and oxygen atoms in total. The zero-order chi connectivity index (χ0) is 14.0. The maximum Gasteiger partial charge on any atom is 0.154 e. The van der Waals surface area contributed by atoms with Gasteiger partial charge >= 0.3 is 0 Å². The van der Waals surface area contributed by atoms with Gasteiger partial charge in [0.25, 0.3) is 0 Å². The highest BCUT2D eigenvalue weighted by Crippen LogP contribution is 2.24. The molecule has 1 heterocycles. The van der Waals surface area contributed by atoms with Gasteiger partial charge in [0.05, 0.1) is 11.0 Å². The highest BCUT2D eigenvalue weighted by molar-refractivity contribution is 9.10. The molecule has 3 N–H and O–H groups in total. The normalized spacial score (nSPS) is 21.2.